The van der Waals surface area contributed by atoms with Crippen LogP contribution in [0.3, 0.4) is 0 Å². The van der Waals surface area contributed by atoms with Gasteiger partial charge in [-0.1, -0.05) is 27.7 Å². The fourth-order valence-corrected chi connectivity index (χ4v) is 3.88. The summed E-state index contributed by atoms with van der Waals surface area (Å²) >= 11 is 0. The maximum atomic E-state index is 10.9. The van der Waals surface area contributed by atoms with Crippen molar-refractivity contribution in [2.24, 2.45) is 0 Å². The van der Waals surface area contributed by atoms with Gasteiger partial charge in [-0.3, -0.25) is 15.0 Å². The number of anilines is 1. The fourth-order valence-electron chi connectivity index (χ4n) is 3.88. The molecule has 3 aliphatic rings. The molecule has 7 heteroatoms. The molecule has 0 aromatic heterocycles. The quantitative estimate of drug-likeness (QED) is 0.576. The molecular weight excluding hydrogens is 346 g/mol. The third-order valence-electron chi connectivity index (χ3n) is 5.12. The van der Waals surface area contributed by atoms with Gasteiger partial charge in [-0.25, -0.2) is 0 Å². The zero-order valence-corrected chi connectivity index (χ0v) is 17.0. The lowest BCUT2D eigenvalue weighted by Gasteiger charge is -2.48. The fraction of sp³-hybridized carbons (Fsp3) is 0.700. The predicted molar refractivity (Wildman–Crippen MR) is 108 cm³/mol. The standard InChI is InChI=1S/C16H21N3O4.2C2H6/c20-19(21)13-1-2-15-16(9-13)23-11-14-10-17(5-6-18(14)15)12-3-7-22-8-4-12;2*1-2/h1-2,9,12,14H,3-8,10-11H2;2*1-2H3. The van der Waals surface area contributed by atoms with Gasteiger partial charge in [-0.2, -0.15) is 0 Å². The molecular formula is C20H33N3O4. The largest absolute Gasteiger partial charge is 0.489 e. The summed E-state index contributed by atoms with van der Waals surface area (Å²) in [5.41, 5.74) is 1.07. The predicted octanol–water partition coefficient (Wildman–Crippen LogP) is 3.71. The van der Waals surface area contributed by atoms with Crippen LogP contribution in [0.4, 0.5) is 11.4 Å². The normalized spacial score (nSPS) is 22.1. The van der Waals surface area contributed by atoms with Crippen LogP contribution in [0, 0.1) is 10.1 Å². The molecule has 0 aliphatic carbocycles. The number of fused-ring (bicyclic) bond motifs is 3. The molecule has 1 aromatic carbocycles. The van der Waals surface area contributed by atoms with Gasteiger partial charge in [-0.15, -0.1) is 0 Å². The average molecular weight is 380 g/mol. The first kappa shape index (κ1) is 21.4. The molecule has 1 aromatic rings. The minimum absolute atomic E-state index is 0.0861. The van der Waals surface area contributed by atoms with E-state index in [2.05, 4.69) is 9.80 Å². The van der Waals surface area contributed by atoms with Crippen molar-refractivity contribution < 1.29 is 14.4 Å². The summed E-state index contributed by atoms with van der Waals surface area (Å²) in [6.45, 7) is 13.3. The van der Waals surface area contributed by atoms with E-state index >= 15 is 0 Å². The molecule has 3 aliphatic heterocycles. The molecule has 27 heavy (non-hydrogen) atoms. The highest BCUT2D eigenvalue weighted by Crippen LogP contribution is 2.38. The minimum Gasteiger partial charge on any atom is -0.489 e. The van der Waals surface area contributed by atoms with Crippen molar-refractivity contribution in [2.75, 3.05) is 44.4 Å². The van der Waals surface area contributed by atoms with Crippen LogP contribution in [0.5, 0.6) is 5.75 Å². The third kappa shape index (κ3) is 4.90. The van der Waals surface area contributed by atoms with E-state index in [9.17, 15) is 10.1 Å². The molecule has 0 amide bonds. The highest BCUT2D eigenvalue weighted by Gasteiger charge is 2.36. The number of piperazine rings is 1. The van der Waals surface area contributed by atoms with Crippen molar-refractivity contribution in [3.05, 3.63) is 28.3 Å². The van der Waals surface area contributed by atoms with Gasteiger partial charge >= 0.3 is 0 Å². The molecule has 7 nitrogen and oxygen atoms in total. The Bertz CT molecular complexity index is 605. The second-order valence-corrected chi connectivity index (χ2v) is 6.41. The Balaban J connectivity index is 0.000000614. The van der Waals surface area contributed by atoms with Crippen molar-refractivity contribution in [2.45, 2.75) is 52.6 Å². The zero-order chi connectivity index (χ0) is 19.8. The first-order valence-corrected chi connectivity index (χ1v) is 10.2. The van der Waals surface area contributed by atoms with Gasteiger partial charge in [0.25, 0.3) is 5.69 Å². The number of rotatable bonds is 2. The molecule has 1 atom stereocenters. The highest BCUT2D eigenvalue weighted by molar-refractivity contribution is 5.64. The summed E-state index contributed by atoms with van der Waals surface area (Å²) in [6, 6.07) is 5.86. The number of nitrogens with zero attached hydrogens (tertiary/aromatic N) is 3. The maximum Gasteiger partial charge on any atom is 0.273 e. The van der Waals surface area contributed by atoms with E-state index in [1.165, 1.54) is 6.07 Å². The van der Waals surface area contributed by atoms with Gasteiger partial charge in [-0.05, 0) is 18.9 Å². The second kappa shape index (κ2) is 10.5. The molecule has 2 saturated heterocycles. The smallest absolute Gasteiger partial charge is 0.273 e. The number of nitro benzene ring substituents is 1. The topological polar surface area (TPSA) is 68.1 Å². The molecule has 152 valence electrons. The number of hydrogen-bond acceptors (Lipinski definition) is 6. The Morgan fingerprint density at radius 2 is 1.78 bits per heavy atom. The third-order valence-corrected chi connectivity index (χ3v) is 5.12. The zero-order valence-electron chi connectivity index (χ0n) is 17.0. The first-order chi connectivity index (χ1) is 13.2. The first-order valence-electron chi connectivity index (χ1n) is 10.2. The van der Waals surface area contributed by atoms with Crippen molar-refractivity contribution in [3.8, 4) is 5.75 Å². The lowest BCUT2D eigenvalue weighted by atomic mass is 10.0. The van der Waals surface area contributed by atoms with Crippen LogP contribution in [0.15, 0.2) is 18.2 Å². The van der Waals surface area contributed by atoms with Crippen LogP contribution in [-0.4, -0.2) is 61.4 Å². The van der Waals surface area contributed by atoms with Crippen molar-refractivity contribution in [1.82, 2.24) is 4.90 Å². The summed E-state index contributed by atoms with van der Waals surface area (Å²) in [6.07, 6.45) is 2.21. The summed E-state index contributed by atoms with van der Waals surface area (Å²) < 4.78 is 11.3. The minimum atomic E-state index is -0.376. The number of non-ortho nitro benzene ring substituents is 1. The van der Waals surface area contributed by atoms with Gasteiger partial charge in [0.05, 0.1) is 22.7 Å². The molecule has 0 bridgehead atoms. The van der Waals surface area contributed by atoms with E-state index < -0.39 is 0 Å². The molecule has 4 rings (SSSR count). The molecule has 0 radical (unpaired) electrons. The van der Waals surface area contributed by atoms with E-state index in [0.717, 1.165) is 51.4 Å². The van der Waals surface area contributed by atoms with Gasteiger partial charge in [0, 0.05) is 45.0 Å². The van der Waals surface area contributed by atoms with Crippen molar-refractivity contribution >= 4 is 11.4 Å². The van der Waals surface area contributed by atoms with E-state index in [1.54, 1.807) is 6.07 Å². The lowest BCUT2D eigenvalue weighted by molar-refractivity contribution is -0.384. The molecule has 0 saturated carbocycles. The lowest BCUT2D eigenvalue weighted by Crippen LogP contribution is -2.59. The van der Waals surface area contributed by atoms with Gasteiger partial charge < -0.3 is 14.4 Å². The molecule has 3 heterocycles. The number of ether oxygens (including phenoxy) is 2. The Hall–Kier alpha value is -1.86. The Kier molecular flexibility index (Phi) is 8.31. The van der Waals surface area contributed by atoms with Gasteiger partial charge in [0.2, 0.25) is 0 Å². The van der Waals surface area contributed by atoms with Crippen LogP contribution in [0.25, 0.3) is 0 Å². The van der Waals surface area contributed by atoms with E-state index in [-0.39, 0.29) is 10.6 Å². The van der Waals surface area contributed by atoms with E-state index in [4.69, 9.17) is 9.47 Å². The van der Waals surface area contributed by atoms with Crippen LogP contribution in [0.1, 0.15) is 40.5 Å². The number of benzene rings is 1. The molecule has 0 N–H and O–H groups in total. The highest BCUT2D eigenvalue weighted by atomic mass is 16.6. The summed E-state index contributed by atoms with van der Waals surface area (Å²) in [5, 5.41) is 10.9. The van der Waals surface area contributed by atoms with Crippen LogP contribution >= 0.6 is 0 Å². The summed E-state index contributed by atoms with van der Waals surface area (Å²) in [7, 11) is 0. The Morgan fingerprint density at radius 3 is 2.44 bits per heavy atom. The molecule has 2 fully saturated rings. The van der Waals surface area contributed by atoms with Gasteiger partial charge in [0.1, 0.15) is 12.4 Å². The van der Waals surface area contributed by atoms with Crippen LogP contribution < -0.4 is 9.64 Å². The number of nitro groups is 1. The summed E-state index contributed by atoms with van der Waals surface area (Å²) in [4.78, 5) is 15.4. The maximum absolute atomic E-state index is 10.9. The van der Waals surface area contributed by atoms with Gasteiger partial charge in [0.15, 0.2) is 0 Å². The number of hydrogen-bond donors (Lipinski definition) is 0. The molecule has 0 spiro atoms. The average Bonchev–Trinajstić information content (AvgIpc) is 2.76. The monoisotopic (exact) mass is 379 g/mol. The SMILES string of the molecule is CC.CC.O=[N+]([O-])c1ccc2c(c1)OCC1CN(C3CCOCC3)CCN21. The van der Waals surface area contributed by atoms with Crippen LogP contribution in [-0.2, 0) is 4.74 Å². The van der Waals surface area contributed by atoms with E-state index in [0.29, 0.717) is 24.4 Å². The summed E-state index contributed by atoms with van der Waals surface area (Å²) in [5.74, 6) is 0.634. The second-order valence-electron chi connectivity index (χ2n) is 6.41. The van der Waals surface area contributed by atoms with Crippen molar-refractivity contribution in [1.29, 1.82) is 0 Å². The van der Waals surface area contributed by atoms with E-state index in [1.807, 2.05) is 33.8 Å². The van der Waals surface area contributed by atoms with Crippen molar-refractivity contribution in [3.63, 3.8) is 0 Å². The van der Waals surface area contributed by atoms with Crippen LogP contribution in [0.2, 0.25) is 0 Å². The Morgan fingerprint density at radius 1 is 1.07 bits per heavy atom. The molecule has 1 unspecified atom stereocenters. The Labute approximate surface area is 162 Å².